The first-order chi connectivity index (χ1) is 24.5. The third-order valence-corrected chi connectivity index (χ3v) is 10.9. The van der Waals surface area contributed by atoms with E-state index < -0.39 is 12.2 Å². The van der Waals surface area contributed by atoms with Crippen molar-refractivity contribution in [1.82, 2.24) is 15.7 Å². The molecule has 2 unspecified atom stereocenters. The molecule has 9 nitrogen and oxygen atoms in total. The van der Waals surface area contributed by atoms with Crippen LogP contribution in [0.3, 0.4) is 0 Å². The average Bonchev–Trinajstić information content (AvgIpc) is 3.37. The van der Waals surface area contributed by atoms with E-state index in [1.54, 1.807) is 5.48 Å². The predicted octanol–water partition coefficient (Wildman–Crippen LogP) is 7.36. The molecule has 51 heavy (non-hydrogen) atoms. The van der Waals surface area contributed by atoms with Crippen molar-refractivity contribution in [3.05, 3.63) is 95.1 Å². The van der Waals surface area contributed by atoms with Gasteiger partial charge in [0, 0.05) is 50.5 Å². The molecule has 3 aromatic carbocycles. The molecule has 274 valence electrons. The fourth-order valence-electron chi connectivity index (χ4n) is 8.90. The predicted molar refractivity (Wildman–Crippen MR) is 196 cm³/mol. The molecule has 0 radical (unpaired) electrons. The fraction of sp³-hybridized carbons (Fsp3) is 0.524. The van der Waals surface area contributed by atoms with Crippen molar-refractivity contribution in [2.75, 3.05) is 13.1 Å². The Balaban J connectivity index is 1.13. The fourth-order valence-corrected chi connectivity index (χ4v) is 8.90. The Labute approximate surface area is 302 Å². The SMILES string of the molecule is CC1(C)CC2CC(C)(CN2C[C@@H]2C[C@H](c3ccc(CO)cc3)O[C@H](c3cccc(-c4cccc(CNC(=O)CCCCCC(=O)NO)c4)c3)O2)C1. The third-order valence-electron chi connectivity index (χ3n) is 10.9. The summed E-state index contributed by atoms with van der Waals surface area (Å²) in [7, 11) is 0. The summed E-state index contributed by atoms with van der Waals surface area (Å²) in [6.45, 7) is 9.74. The monoisotopic (exact) mass is 697 g/mol. The van der Waals surface area contributed by atoms with Crippen LogP contribution in [0.25, 0.3) is 11.1 Å². The summed E-state index contributed by atoms with van der Waals surface area (Å²) in [5, 5.41) is 21.2. The summed E-state index contributed by atoms with van der Waals surface area (Å²) in [5.74, 6) is -0.425. The molecule has 9 heteroatoms. The lowest BCUT2D eigenvalue weighted by atomic mass is 9.65. The van der Waals surface area contributed by atoms with Crippen molar-refractivity contribution in [3.63, 3.8) is 0 Å². The minimum absolute atomic E-state index is 0.00738. The van der Waals surface area contributed by atoms with Crippen LogP contribution >= 0.6 is 0 Å². The molecule has 6 rings (SSSR count). The zero-order chi connectivity index (χ0) is 36.0. The van der Waals surface area contributed by atoms with Gasteiger partial charge in [-0.15, -0.1) is 0 Å². The van der Waals surface area contributed by atoms with E-state index in [4.69, 9.17) is 14.7 Å². The second kappa shape index (κ2) is 16.4. The quantitative estimate of drug-likeness (QED) is 0.0789. The maximum Gasteiger partial charge on any atom is 0.243 e. The number of nitrogens with one attached hydrogen (secondary N) is 2. The van der Waals surface area contributed by atoms with Crippen LogP contribution in [0, 0.1) is 10.8 Å². The molecular formula is C42H55N3O6. The molecule has 3 aliphatic rings. The maximum atomic E-state index is 12.5. The normalized spacial score (nSPS) is 25.7. The summed E-state index contributed by atoms with van der Waals surface area (Å²) in [5.41, 5.74) is 8.40. The Hall–Kier alpha value is -3.60. The standard InChI is InChI=1S/C42H55N3O6/c1-41(2)22-35-23-42(3,27-41)28-45(35)25-36-21-37(31-17-15-29(26-46)16-18-31)51-40(50-36)34-12-8-11-33(20-34)32-10-7-9-30(19-32)24-43-38(47)13-5-4-6-14-39(48)44-49/h7-12,15-20,35-37,40,46,49H,4-6,13-14,21-28H2,1-3H3,(H,43,47)(H,44,48)/t35?,36-,37+,40+,42?/m0/s1. The number of hydroxylamine groups is 1. The van der Waals surface area contributed by atoms with E-state index in [0.29, 0.717) is 42.7 Å². The van der Waals surface area contributed by atoms with E-state index >= 15 is 0 Å². The van der Waals surface area contributed by atoms with Gasteiger partial charge in [-0.25, -0.2) is 5.48 Å². The van der Waals surface area contributed by atoms with Gasteiger partial charge < -0.3 is 19.9 Å². The molecule has 1 saturated carbocycles. The largest absolute Gasteiger partial charge is 0.392 e. The van der Waals surface area contributed by atoms with E-state index in [1.807, 2.05) is 24.3 Å². The highest BCUT2D eigenvalue weighted by Gasteiger charge is 2.50. The number of aliphatic hydroxyl groups excluding tert-OH is 1. The van der Waals surface area contributed by atoms with Gasteiger partial charge in [0.25, 0.3) is 0 Å². The summed E-state index contributed by atoms with van der Waals surface area (Å²) in [4.78, 5) is 26.3. The number of amides is 2. The van der Waals surface area contributed by atoms with Crippen molar-refractivity contribution in [2.45, 2.75) is 116 Å². The molecule has 3 aromatic rings. The van der Waals surface area contributed by atoms with Crippen LogP contribution in [0.5, 0.6) is 0 Å². The first-order valence-electron chi connectivity index (χ1n) is 18.6. The van der Waals surface area contributed by atoms with Crippen LogP contribution in [0.15, 0.2) is 72.8 Å². The van der Waals surface area contributed by atoms with Crippen molar-refractivity contribution in [1.29, 1.82) is 0 Å². The number of ether oxygens (including phenoxy) is 2. The van der Waals surface area contributed by atoms with Gasteiger partial charge in [-0.1, -0.05) is 87.9 Å². The first kappa shape index (κ1) is 37.2. The molecule has 2 amide bonds. The maximum absolute atomic E-state index is 12.5. The summed E-state index contributed by atoms with van der Waals surface area (Å²) < 4.78 is 13.6. The lowest BCUT2D eigenvalue weighted by Crippen LogP contribution is -2.42. The Kier molecular flexibility index (Phi) is 11.9. The van der Waals surface area contributed by atoms with Crippen molar-refractivity contribution < 1.29 is 29.4 Å². The number of aliphatic hydroxyl groups is 1. The lowest BCUT2D eigenvalue weighted by Gasteiger charge is -2.41. The molecule has 0 spiro atoms. The van der Waals surface area contributed by atoms with E-state index in [2.05, 4.69) is 79.5 Å². The molecule has 4 N–H and O–H groups in total. The highest BCUT2D eigenvalue weighted by atomic mass is 16.7. The molecule has 0 aromatic heterocycles. The molecule has 2 heterocycles. The summed E-state index contributed by atoms with van der Waals surface area (Å²) >= 11 is 0. The second-order valence-corrected chi connectivity index (χ2v) is 16.2. The summed E-state index contributed by atoms with van der Waals surface area (Å²) in [6.07, 6.45) is 6.58. The number of hydrogen-bond acceptors (Lipinski definition) is 7. The molecule has 2 saturated heterocycles. The molecule has 2 bridgehead atoms. The second-order valence-electron chi connectivity index (χ2n) is 16.2. The molecule has 5 atom stereocenters. The number of unbranched alkanes of at least 4 members (excludes halogenated alkanes) is 2. The molecular weight excluding hydrogens is 642 g/mol. The smallest absolute Gasteiger partial charge is 0.243 e. The van der Waals surface area contributed by atoms with Gasteiger partial charge >= 0.3 is 0 Å². The Morgan fingerprint density at radius 1 is 0.843 bits per heavy atom. The van der Waals surface area contributed by atoms with Gasteiger partial charge in [0.1, 0.15) is 0 Å². The van der Waals surface area contributed by atoms with Gasteiger partial charge in [-0.05, 0) is 82.9 Å². The van der Waals surface area contributed by atoms with Crippen molar-refractivity contribution >= 4 is 11.8 Å². The average molecular weight is 698 g/mol. The van der Waals surface area contributed by atoms with Gasteiger partial charge in [0.2, 0.25) is 11.8 Å². The van der Waals surface area contributed by atoms with Crippen LogP contribution < -0.4 is 10.8 Å². The first-order valence-corrected chi connectivity index (χ1v) is 18.6. The number of nitrogens with zero attached hydrogens (tertiary/aromatic N) is 1. The molecule has 1 aliphatic carbocycles. The number of fused-ring (bicyclic) bond motifs is 2. The van der Waals surface area contributed by atoms with Gasteiger partial charge in [0.05, 0.1) is 18.8 Å². The number of hydrogen-bond donors (Lipinski definition) is 4. The van der Waals surface area contributed by atoms with E-state index in [1.165, 1.54) is 19.3 Å². The number of carbonyl (C=O) groups excluding carboxylic acids is 2. The van der Waals surface area contributed by atoms with Crippen LogP contribution in [0.1, 0.15) is 113 Å². The van der Waals surface area contributed by atoms with Crippen LogP contribution in [0.4, 0.5) is 0 Å². The topological polar surface area (TPSA) is 120 Å². The number of carbonyl (C=O) groups is 2. The Morgan fingerprint density at radius 2 is 1.57 bits per heavy atom. The zero-order valence-corrected chi connectivity index (χ0v) is 30.4. The molecule has 2 aliphatic heterocycles. The third kappa shape index (κ3) is 9.84. The number of likely N-dealkylation sites (tertiary alicyclic amines) is 1. The van der Waals surface area contributed by atoms with Gasteiger partial charge in [0.15, 0.2) is 6.29 Å². The minimum atomic E-state index is -0.527. The number of rotatable bonds is 14. The molecule has 3 fully saturated rings. The van der Waals surface area contributed by atoms with Crippen molar-refractivity contribution in [2.24, 2.45) is 10.8 Å². The highest BCUT2D eigenvalue weighted by molar-refractivity contribution is 5.76. The summed E-state index contributed by atoms with van der Waals surface area (Å²) in [6, 6.07) is 25.3. The minimum Gasteiger partial charge on any atom is -0.392 e. The lowest BCUT2D eigenvalue weighted by molar-refractivity contribution is -0.253. The van der Waals surface area contributed by atoms with E-state index in [9.17, 15) is 14.7 Å². The number of benzene rings is 3. The van der Waals surface area contributed by atoms with E-state index in [0.717, 1.165) is 59.3 Å². The Morgan fingerprint density at radius 3 is 2.31 bits per heavy atom. The Bertz CT molecular complexity index is 1640. The van der Waals surface area contributed by atoms with Gasteiger partial charge in [-0.3, -0.25) is 19.7 Å². The van der Waals surface area contributed by atoms with E-state index in [-0.39, 0.29) is 31.1 Å². The zero-order valence-electron chi connectivity index (χ0n) is 30.4. The van der Waals surface area contributed by atoms with Crippen LogP contribution in [-0.2, 0) is 32.2 Å². The van der Waals surface area contributed by atoms with Crippen LogP contribution in [-0.4, -0.2) is 52.3 Å². The van der Waals surface area contributed by atoms with Gasteiger partial charge in [-0.2, -0.15) is 0 Å². The van der Waals surface area contributed by atoms with Crippen molar-refractivity contribution in [3.8, 4) is 11.1 Å². The van der Waals surface area contributed by atoms with Crippen LogP contribution in [0.2, 0.25) is 0 Å². The highest BCUT2D eigenvalue weighted by Crippen LogP contribution is 2.53.